The molecule has 0 amide bonds. The Morgan fingerprint density at radius 1 is 1.60 bits per heavy atom. The quantitative estimate of drug-likeness (QED) is 0.624. The molecule has 60 valence electrons. The van der Waals surface area contributed by atoms with Crippen LogP contribution >= 0.6 is 10.7 Å². The minimum atomic E-state index is -3.29. The van der Waals surface area contributed by atoms with E-state index < -0.39 is 9.05 Å². The van der Waals surface area contributed by atoms with Crippen molar-refractivity contribution in [2.75, 3.05) is 0 Å². The third-order valence-electron chi connectivity index (χ3n) is 1.84. The van der Waals surface area contributed by atoms with E-state index in [4.69, 9.17) is 10.7 Å². The molecule has 0 saturated heterocycles. The van der Waals surface area contributed by atoms with Crippen LogP contribution < -0.4 is 0 Å². The molecule has 0 aromatic carbocycles. The summed E-state index contributed by atoms with van der Waals surface area (Å²) < 4.78 is 21.3. The summed E-state index contributed by atoms with van der Waals surface area (Å²) >= 11 is 0. The zero-order chi connectivity index (χ0) is 7.78. The molecule has 4 heteroatoms. The number of rotatable bonds is 3. The molecule has 0 bridgehead atoms. The van der Waals surface area contributed by atoms with E-state index in [9.17, 15) is 8.42 Å². The van der Waals surface area contributed by atoms with Crippen molar-refractivity contribution in [3.63, 3.8) is 0 Å². The molecule has 1 aliphatic rings. The molecule has 1 unspecified atom stereocenters. The van der Waals surface area contributed by atoms with Crippen LogP contribution in [-0.2, 0) is 9.05 Å². The van der Waals surface area contributed by atoms with Gasteiger partial charge in [0, 0.05) is 10.7 Å². The fraction of sp³-hybridized carbons (Fsp3) is 1.00. The zero-order valence-corrected chi connectivity index (χ0v) is 7.45. The smallest absolute Gasteiger partial charge is 0.212 e. The van der Waals surface area contributed by atoms with Crippen LogP contribution in [0.3, 0.4) is 0 Å². The van der Waals surface area contributed by atoms with Crippen LogP contribution in [-0.4, -0.2) is 13.7 Å². The minimum Gasteiger partial charge on any atom is -0.212 e. The van der Waals surface area contributed by atoms with Gasteiger partial charge in [0.25, 0.3) is 0 Å². The summed E-state index contributed by atoms with van der Waals surface area (Å²) in [6, 6.07) is 0. The zero-order valence-electron chi connectivity index (χ0n) is 5.88. The molecule has 1 rings (SSSR count). The Morgan fingerprint density at radius 3 is 2.40 bits per heavy atom. The van der Waals surface area contributed by atoms with Gasteiger partial charge in [-0.15, -0.1) is 0 Å². The molecule has 0 spiro atoms. The molecule has 0 aromatic heterocycles. The molecule has 0 N–H and O–H groups in total. The average molecular weight is 183 g/mol. The monoisotopic (exact) mass is 182 g/mol. The molecule has 0 aliphatic heterocycles. The second-order valence-corrected chi connectivity index (χ2v) is 6.01. The minimum absolute atomic E-state index is 0.360. The van der Waals surface area contributed by atoms with Crippen molar-refractivity contribution in [3.8, 4) is 0 Å². The van der Waals surface area contributed by atoms with Gasteiger partial charge < -0.3 is 0 Å². The highest BCUT2D eigenvalue weighted by Crippen LogP contribution is 2.35. The topological polar surface area (TPSA) is 34.1 Å². The lowest BCUT2D eigenvalue weighted by atomic mass is 10.2. The molecule has 1 aliphatic carbocycles. The van der Waals surface area contributed by atoms with Crippen molar-refractivity contribution in [3.05, 3.63) is 0 Å². The van der Waals surface area contributed by atoms with E-state index in [-0.39, 0.29) is 5.25 Å². The number of halogens is 1. The van der Waals surface area contributed by atoms with Crippen molar-refractivity contribution >= 4 is 19.7 Å². The van der Waals surface area contributed by atoms with Gasteiger partial charge in [-0.25, -0.2) is 8.42 Å². The Kier molecular flexibility index (Phi) is 2.25. The van der Waals surface area contributed by atoms with Gasteiger partial charge in [-0.05, 0) is 19.3 Å². The van der Waals surface area contributed by atoms with E-state index in [0.717, 1.165) is 6.42 Å². The number of hydrogen-bond donors (Lipinski definition) is 0. The second-order valence-electron chi connectivity index (χ2n) is 2.97. The van der Waals surface area contributed by atoms with Crippen LogP contribution in [0.25, 0.3) is 0 Å². The first-order valence-corrected chi connectivity index (χ1v) is 5.81. The molecule has 0 aromatic rings. The first kappa shape index (κ1) is 8.34. The van der Waals surface area contributed by atoms with Gasteiger partial charge in [-0.2, -0.15) is 0 Å². The third-order valence-corrected chi connectivity index (χ3v) is 3.91. The highest BCUT2D eigenvalue weighted by Gasteiger charge is 2.28. The largest absolute Gasteiger partial charge is 0.235 e. The first-order chi connectivity index (χ1) is 4.50. The molecule has 1 saturated carbocycles. The first-order valence-electron chi connectivity index (χ1n) is 3.43. The van der Waals surface area contributed by atoms with Crippen LogP contribution in [0.5, 0.6) is 0 Å². The van der Waals surface area contributed by atoms with Gasteiger partial charge in [0.1, 0.15) is 0 Å². The van der Waals surface area contributed by atoms with Crippen LogP contribution in [0.15, 0.2) is 0 Å². The van der Waals surface area contributed by atoms with E-state index in [0.29, 0.717) is 5.92 Å². The molecular weight excluding hydrogens is 172 g/mol. The second kappa shape index (κ2) is 2.70. The van der Waals surface area contributed by atoms with Gasteiger partial charge in [0.15, 0.2) is 0 Å². The molecule has 1 atom stereocenters. The average Bonchev–Trinajstić information content (AvgIpc) is 2.47. The molecule has 2 nitrogen and oxygen atoms in total. The fourth-order valence-corrected chi connectivity index (χ4v) is 1.66. The predicted octanol–water partition coefficient (Wildman–Crippen LogP) is 1.74. The maximum absolute atomic E-state index is 10.7. The Labute approximate surface area is 66.0 Å². The third kappa shape index (κ3) is 2.46. The number of hydrogen-bond acceptors (Lipinski definition) is 2. The fourth-order valence-electron chi connectivity index (χ4n) is 0.938. The lowest BCUT2D eigenvalue weighted by Gasteiger charge is -2.04. The summed E-state index contributed by atoms with van der Waals surface area (Å²) in [6.45, 7) is 1.67. The van der Waals surface area contributed by atoms with E-state index >= 15 is 0 Å². The van der Waals surface area contributed by atoms with E-state index in [2.05, 4.69) is 0 Å². The summed E-state index contributed by atoms with van der Waals surface area (Å²) in [4.78, 5) is 0. The van der Waals surface area contributed by atoms with Crippen molar-refractivity contribution in [2.24, 2.45) is 5.92 Å². The summed E-state index contributed by atoms with van der Waals surface area (Å²) in [5.41, 5.74) is 0. The summed E-state index contributed by atoms with van der Waals surface area (Å²) in [7, 11) is 1.84. The highest BCUT2D eigenvalue weighted by atomic mass is 35.7. The Balaban J connectivity index is 2.40. The normalized spacial score (nSPS) is 22.6. The molecule has 1 fully saturated rings. The van der Waals surface area contributed by atoms with Crippen LogP contribution in [0.4, 0.5) is 0 Å². The standard InChI is InChI=1S/C6H11ClO2S/c1-5(10(7,8)9)4-6-2-3-6/h5-6H,2-4H2,1H3. The van der Waals surface area contributed by atoms with Crippen LogP contribution in [0.2, 0.25) is 0 Å². The Morgan fingerprint density at radius 2 is 2.10 bits per heavy atom. The van der Waals surface area contributed by atoms with Gasteiger partial charge >= 0.3 is 0 Å². The van der Waals surface area contributed by atoms with Gasteiger partial charge in [-0.3, -0.25) is 0 Å². The summed E-state index contributed by atoms with van der Waals surface area (Å²) in [5.74, 6) is 0.628. The molecule has 0 radical (unpaired) electrons. The lowest BCUT2D eigenvalue weighted by Crippen LogP contribution is -2.11. The Bertz CT molecular complexity index is 206. The highest BCUT2D eigenvalue weighted by molar-refractivity contribution is 8.14. The van der Waals surface area contributed by atoms with Crippen molar-refractivity contribution in [1.29, 1.82) is 0 Å². The SMILES string of the molecule is CC(CC1CC1)S(=O)(=O)Cl. The van der Waals surface area contributed by atoms with Gasteiger partial charge in [0.05, 0.1) is 5.25 Å². The molecule has 0 heterocycles. The maximum Gasteiger partial charge on any atom is 0.235 e. The molecular formula is C6H11ClO2S. The van der Waals surface area contributed by atoms with E-state index in [1.165, 1.54) is 12.8 Å². The van der Waals surface area contributed by atoms with E-state index in [1.54, 1.807) is 6.92 Å². The van der Waals surface area contributed by atoms with Crippen molar-refractivity contribution < 1.29 is 8.42 Å². The van der Waals surface area contributed by atoms with Crippen LogP contribution in [0.1, 0.15) is 26.2 Å². The Hall–Kier alpha value is 0.240. The molecule has 10 heavy (non-hydrogen) atoms. The predicted molar refractivity (Wildman–Crippen MR) is 41.6 cm³/mol. The van der Waals surface area contributed by atoms with Crippen molar-refractivity contribution in [1.82, 2.24) is 0 Å². The van der Waals surface area contributed by atoms with Crippen molar-refractivity contribution in [2.45, 2.75) is 31.4 Å². The summed E-state index contributed by atoms with van der Waals surface area (Å²) in [5, 5.41) is -0.360. The van der Waals surface area contributed by atoms with Crippen LogP contribution in [0, 0.1) is 5.92 Å². The summed E-state index contributed by atoms with van der Waals surface area (Å²) in [6.07, 6.45) is 3.10. The maximum atomic E-state index is 10.7. The van der Waals surface area contributed by atoms with Gasteiger partial charge in [0.2, 0.25) is 9.05 Å². The van der Waals surface area contributed by atoms with Gasteiger partial charge in [-0.1, -0.05) is 12.8 Å². The lowest BCUT2D eigenvalue weighted by molar-refractivity contribution is 0.584. The van der Waals surface area contributed by atoms with E-state index in [1.807, 2.05) is 0 Å².